The van der Waals surface area contributed by atoms with Crippen LogP contribution in [0.1, 0.15) is 12.6 Å². The van der Waals surface area contributed by atoms with Gasteiger partial charge in [0.1, 0.15) is 6.26 Å². The maximum atomic E-state index is 4.92. The number of thioether (sulfide) groups is 1. The first-order valence-corrected chi connectivity index (χ1v) is 10.2. The molecule has 1 aromatic heterocycles. The number of guanidine groups is 1. The Morgan fingerprint density at radius 1 is 1.19 bits per heavy atom. The average Bonchev–Trinajstić information content (AvgIpc) is 3.19. The van der Waals surface area contributed by atoms with Gasteiger partial charge in [-0.15, -0.1) is 35.7 Å². The van der Waals surface area contributed by atoms with Gasteiger partial charge in [-0.25, -0.2) is 0 Å². The first-order chi connectivity index (χ1) is 12.8. The molecular weight excluding hydrogens is 473 g/mol. The van der Waals surface area contributed by atoms with Gasteiger partial charge in [-0.1, -0.05) is 23.4 Å². The molecule has 2 aromatic rings. The predicted molar refractivity (Wildman–Crippen MR) is 122 cm³/mol. The third kappa shape index (κ3) is 7.34. The van der Waals surface area contributed by atoms with Crippen molar-refractivity contribution in [1.29, 1.82) is 0 Å². The Hall–Kier alpha value is -1.26. The third-order valence-corrected chi connectivity index (χ3v) is 5.24. The average molecular weight is 501 g/mol. The van der Waals surface area contributed by atoms with Crippen LogP contribution in [0.25, 0.3) is 0 Å². The van der Waals surface area contributed by atoms with E-state index in [1.165, 1.54) is 4.90 Å². The first kappa shape index (κ1) is 22.0. The lowest BCUT2D eigenvalue weighted by Gasteiger charge is -2.36. The Morgan fingerprint density at radius 2 is 1.96 bits per heavy atom. The summed E-state index contributed by atoms with van der Waals surface area (Å²) in [6.07, 6.45) is 1.63. The summed E-state index contributed by atoms with van der Waals surface area (Å²) in [6, 6.07) is 12.4. The smallest absolute Gasteiger partial charge is 0.194 e. The molecule has 0 amide bonds. The molecule has 0 radical (unpaired) electrons. The van der Waals surface area contributed by atoms with Crippen molar-refractivity contribution in [2.75, 3.05) is 45.0 Å². The van der Waals surface area contributed by atoms with Crippen molar-refractivity contribution < 1.29 is 4.52 Å². The standard InChI is InChI=1S/C19H27N5OS.HI/c1-2-20-19(21-9-15-26-18-6-4-3-5-7-18)24-12-10-23(11-13-24)16-17-8-14-25-22-17;/h3-8,14H,2,9-13,15-16H2,1H3,(H,20,21);1H. The number of aromatic nitrogens is 1. The number of benzene rings is 1. The van der Waals surface area contributed by atoms with Crippen LogP contribution in [0.3, 0.4) is 0 Å². The lowest BCUT2D eigenvalue weighted by molar-refractivity contribution is 0.169. The van der Waals surface area contributed by atoms with Gasteiger partial charge >= 0.3 is 0 Å². The molecule has 27 heavy (non-hydrogen) atoms. The van der Waals surface area contributed by atoms with E-state index in [-0.39, 0.29) is 24.0 Å². The van der Waals surface area contributed by atoms with Crippen molar-refractivity contribution in [3.05, 3.63) is 48.4 Å². The van der Waals surface area contributed by atoms with E-state index in [0.29, 0.717) is 0 Å². The van der Waals surface area contributed by atoms with Gasteiger partial charge < -0.3 is 14.7 Å². The molecule has 0 unspecified atom stereocenters. The van der Waals surface area contributed by atoms with Gasteiger partial charge in [0, 0.05) is 56.0 Å². The Kier molecular flexibility index (Phi) is 10.00. The van der Waals surface area contributed by atoms with E-state index >= 15 is 0 Å². The number of nitrogens with zero attached hydrogens (tertiary/aromatic N) is 4. The summed E-state index contributed by atoms with van der Waals surface area (Å²) in [5.41, 5.74) is 0.997. The molecule has 1 saturated heterocycles. The van der Waals surface area contributed by atoms with Crippen LogP contribution in [0, 0.1) is 0 Å². The molecular formula is C19H28IN5OS. The minimum absolute atomic E-state index is 0. The van der Waals surface area contributed by atoms with Crippen molar-refractivity contribution >= 4 is 41.7 Å². The molecule has 3 rings (SSSR count). The zero-order chi connectivity index (χ0) is 18.0. The highest BCUT2D eigenvalue weighted by molar-refractivity contribution is 14.0. The molecule has 2 heterocycles. The number of rotatable bonds is 7. The largest absolute Gasteiger partial charge is 0.364 e. The van der Waals surface area contributed by atoms with E-state index in [4.69, 9.17) is 9.52 Å². The number of hydrogen-bond acceptors (Lipinski definition) is 5. The molecule has 1 aliphatic rings. The third-order valence-electron chi connectivity index (χ3n) is 4.25. The highest BCUT2D eigenvalue weighted by Crippen LogP contribution is 2.16. The SMILES string of the molecule is CCNC(=NCCSc1ccccc1)N1CCN(Cc2ccon2)CC1.I. The van der Waals surface area contributed by atoms with E-state index in [2.05, 4.69) is 51.5 Å². The van der Waals surface area contributed by atoms with Gasteiger partial charge in [-0.2, -0.15) is 0 Å². The van der Waals surface area contributed by atoms with Crippen molar-refractivity contribution in [1.82, 2.24) is 20.3 Å². The van der Waals surface area contributed by atoms with E-state index in [9.17, 15) is 0 Å². The number of aliphatic imine (C=N–C) groups is 1. The number of piperazine rings is 1. The maximum Gasteiger partial charge on any atom is 0.194 e. The number of nitrogens with one attached hydrogen (secondary N) is 1. The summed E-state index contributed by atoms with van der Waals surface area (Å²) in [5, 5.41) is 7.43. The second-order valence-electron chi connectivity index (χ2n) is 6.15. The summed E-state index contributed by atoms with van der Waals surface area (Å²) in [7, 11) is 0. The molecule has 0 bridgehead atoms. The number of halogens is 1. The monoisotopic (exact) mass is 501 g/mol. The number of hydrogen-bond donors (Lipinski definition) is 1. The van der Waals surface area contributed by atoms with Crippen LogP contribution in [0.5, 0.6) is 0 Å². The van der Waals surface area contributed by atoms with E-state index in [1.54, 1.807) is 6.26 Å². The van der Waals surface area contributed by atoms with Gasteiger partial charge in [0.05, 0.1) is 12.2 Å². The van der Waals surface area contributed by atoms with Crippen molar-refractivity contribution in [2.24, 2.45) is 4.99 Å². The Bertz CT molecular complexity index is 660. The van der Waals surface area contributed by atoms with E-state index < -0.39 is 0 Å². The molecule has 0 atom stereocenters. The Labute approximate surface area is 182 Å². The minimum Gasteiger partial charge on any atom is -0.364 e. The Morgan fingerprint density at radius 3 is 2.63 bits per heavy atom. The van der Waals surface area contributed by atoms with E-state index in [1.807, 2.05) is 23.9 Å². The molecule has 1 aliphatic heterocycles. The van der Waals surface area contributed by atoms with E-state index in [0.717, 1.165) is 63.2 Å². The second kappa shape index (κ2) is 12.2. The summed E-state index contributed by atoms with van der Waals surface area (Å²) in [5.74, 6) is 2.02. The molecule has 1 N–H and O–H groups in total. The maximum absolute atomic E-state index is 4.92. The van der Waals surface area contributed by atoms with Crippen LogP contribution >= 0.6 is 35.7 Å². The summed E-state index contributed by atoms with van der Waals surface area (Å²) < 4.78 is 4.92. The summed E-state index contributed by atoms with van der Waals surface area (Å²) in [4.78, 5) is 10.9. The van der Waals surface area contributed by atoms with Crippen LogP contribution in [-0.2, 0) is 6.54 Å². The molecule has 0 aliphatic carbocycles. The molecule has 0 spiro atoms. The fraction of sp³-hybridized carbons (Fsp3) is 0.474. The minimum atomic E-state index is 0. The van der Waals surface area contributed by atoms with Crippen LogP contribution in [0.15, 0.2) is 57.1 Å². The zero-order valence-corrected chi connectivity index (χ0v) is 18.9. The molecule has 8 heteroatoms. The van der Waals surface area contributed by atoms with Crippen LogP contribution < -0.4 is 5.32 Å². The fourth-order valence-electron chi connectivity index (χ4n) is 2.92. The van der Waals surface area contributed by atoms with Crippen molar-refractivity contribution in [2.45, 2.75) is 18.4 Å². The lowest BCUT2D eigenvalue weighted by Crippen LogP contribution is -2.52. The van der Waals surface area contributed by atoms with Gasteiger partial charge in [0.15, 0.2) is 5.96 Å². The van der Waals surface area contributed by atoms with Gasteiger partial charge in [0.25, 0.3) is 0 Å². The normalized spacial score (nSPS) is 15.4. The second-order valence-corrected chi connectivity index (χ2v) is 7.32. The van der Waals surface area contributed by atoms with Crippen LogP contribution in [0.2, 0.25) is 0 Å². The highest BCUT2D eigenvalue weighted by Gasteiger charge is 2.20. The van der Waals surface area contributed by atoms with Crippen molar-refractivity contribution in [3.63, 3.8) is 0 Å². The quantitative estimate of drug-likeness (QED) is 0.207. The summed E-state index contributed by atoms with van der Waals surface area (Å²) >= 11 is 1.85. The Balaban J connectivity index is 0.00000261. The van der Waals surface area contributed by atoms with Crippen LogP contribution in [-0.4, -0.2) is 65.9 Å². The fourth-order valence-corrected chi connectivity index (χ4v) is 3.69. The summed E-state index contributed by atoms with van der Waals surface area (Å²) in [6.45, 7) is 8.67. The molecule has 148 valence electrons. The lowest BCUT2D eigenvalue weighted by atomic mass is 10.3. The van der Waals surface area contributed by atoms with Gasteiger partial charge in [0.2, 0.25) is 0 Å². The van der Waals surface area contributed by atoms with Gasteiger partial charge in [-0.3, -0.25) is 9.89 Å². The molecule has 1 aromatic carbocycles. The van der Waals surface area contributed by atoms with Gasteiger partial charge in [-0.05, 0) is 19.1 Å². The molecule has 1 fully saturated rings. The molecule has 0 saturated carbocycles. The highest BCUT2D eigenvalue weighted by atomic mass is 127. The van der Waals surface area contributed by atoms with Crippen LogP contribution in [0.4, 0.5) is 0 Å². The topological polar surface area (TPSA) is 56.9 Å². The van der Waals surface area contributed by atoms with Crippen molar-refractivity contribution in [3.8, 4) is 0 Å². The first-order valence-electron chi connectivity index (χ1n) is 9.18. The molecule has 6 nitrogen and oxygen atoms in total. The predicted octanol–water partition coefficient (Wildman–Crippen LogP) is 3.17. The zero-order valence-electron chi connectivity index (χ0n) is 15.7.